The highest BCUT2D eigenvalue weighted by Crippen LogP contribution is 2.34. The van der Waals surface area contributed by atoms with Crippen molar-refractivity contribution in [1.82, 2.24) is 9.78 Å². The Hall–Kier alpha value is -2.61. The Kier molecular flexibility index (Phi) is 4.62. The molecule has 0 spiro atoms. The second kappa shape index (κ2) is 6.44. The first-order valence-electron chi connectivity index (χ1n) is 6.29. The van der Waals surface area contributed by atoms with Gasteiger partial charge in [0.25, 0.3) is 11.8 Å². The fourth-order valence-electron chi connectivity index (χ4n) is 1.74. The van der Waals surface area contributed by atoms with E-state index in [1.54, 1.807) is 24.3 Å². The van der Waals surface area contributed by atoms with Gasteiger partial charge in [0.15, 0.2) is 6.10 Å². The Balaban J connectivity index is 2.14. The average Bonchev–Trinajstić information content (AvgIpc) is 2.74. The van der Waals surface area contributed by atoms with Crippen molar-refractivity contribution in [3.8, 4) is 5.88 Å². The summed E-state index contributed by atoms with van der Waals surface area (Å²) in [6.45, 7) is 1.48. The minimum atomic E-state index is -0.967. The van der Waals surface area contributed by atoms with Gasteiger partial charge >= 0.3 is 5.69 Å². The Morgan fingerprint density at radius 2 is 2.09 bits per heavy atom. The molecule has 0 aliphatic heterocycles. The lowest BCUT2D eigenvalue weighted by Gasteiger charge is -2.14. The Labute approximate surface area is 130 Å². The van der Waals surface area contributed by atoms with Gasteiger partial charge in [-0.1, -0.05) is 29.8 Å². The van der Waals surface area contributed by atoms with Crippen molar-refractivity contribution < 1.29 is 14.5 Å². The Morgan fingerprint density at radius 1 is 1.45 bits per heavy atom. The van der Waals surface area contributed by atoms with Crippen LogP contribution in [-0.2, 0) is 11.8 Å². The molecule has 1 N–H and O–H groups in total. The van der Waals surface area contributed by atoms with Crippen LogP contribution >= 0.6 is 11.6 Å². The number of nitro groups is 1. The van der Waals surface area contributed by atoms with Gasteiger partial charge in [-0.15, -0.1) is 0 Å². The summed E-state index contributed by atoms with van der Waals surface area (Å²) in [5.41, 5.74) is 0.129. The molecule has 8 nitrogen and oxygen atoms in total. The average molecular weight is 325 g/mol. The number of halogens is 1. The number of para-hydroxylation sites is 1. The predicted octanol–water partition coefficient (Wildman–Crippen LogP) is 2.39. The van der Waals surface area contributed by atoms with Crippen LogP contribution in [0.2, 0.25) is 5.15 Å². The Bertz CT molecular complexity index is 702. The van der Waals surface area contributed by atoms with E-state index in [4.69, 9.17) is 16.3 Å². The quantitative estimate of drug-likeness (QED) is 0.672. The van der Waals surface area contributed by atoms with Gasteiger partial charge in [-0.25, -0.2) is 4.68 Å². The predicted molar refractivity (Wildman–Crippen MR) is 80.0 cm³/mol. The number of hydrogen-bond donors (Lipinski definition) is 1. The van der Waals surface area contributed by atoms with Crippen molar-refractivity contribution in [3.05, 3.63) is 45.6 Å². The van der Waals surface area contributed by atoms with Gasteiger partial charge in [-0.3, -0.25) is 14.9 Å². The van der Waals surface area contributed by atoms with Crippen molar-refractivity contribution in [2.24, 2.45) is 7.05 Å². The van der Waals surface area contributed by atoms with E-state index in [-0.39, 0.29) is 11.0 Å². The van der Waals surface area contributed by atoms with Crippen LogP contribution in [0.4, 0.5) is 11.4 Å². The molecule has 0 fully saturated rings. The SMILES string of the molecule is CC(Oc1c([N+](=O)[O-])c(Cl)nn1C)C(=O)Nc1ccccc1. The van der Waals surface area contributed by atoms with Crippen molar-refractivity contribution >= 4 is 28.9 Å². The normalized spacial score (nSPS) is 11.8. The number of hydrogen-bond acceptors (Lipinski definition) is 5. The summed E-state index contributed by atoms with van der Waals surface area (Å²) in [7, 11) is 1.44. The standard InChI is InChI=1S/C13H13ClN4O4/c1-8(12(19)15-9-6-4-3-5-7-9)22-13-10(18(20)21)11(14)16-17(13)2/h3-8H,1-2H3,(H,15,19). The maximum atomic E-state index is 12.0. The summed E-state index contributed by atoms with van der Waals surface area (Å²) < 4.78 is 6.47. The fourth-order valence-corrected chi connectivity index (χ4v) is 2.00. The molecule has 2 aromatic rings. The summed E-state index contributed by atoms with van der Waals surface area (Å²) in [6.07, 6.45) is -0.967. The number of aromatic nitrogens is 2. The van der Waals surface area contributed by atoms with Crippen molar-refractivity contribution in [1.29, 1.82) is 0 Å². The van der Waals surface area contributed by atoms with Crippen LogP contribution in [0.25, 0.3) is 0 Å². The maximum absolute atomic E-state index is 12.0. The minimum Gasteiger partial charge on any atom is -0.460 e. The van der Waals surface area contributed by atoms with Crippen LogP contribution in [0.15, 0.2) is 30.3 Å². The largest absolute Gasteiger partial charge is 0.460 e. The van der Waals surface area contributed by atoms with E-state index in [1.165, 1.54) is 14.0 Å². The molecule has 0 aliphatic rings. The van der Waals surface area contributed by atoms with Crippen LogP contribution < -0.4 is 10.1 Å². The van der Waals surface area contributed by atoms with Crippen LogP contribution in [0.1, 0.15) is 6.92 Å². The number of nitrogens with one attached hydrogen (secondary N) is 1. The maximum Gasteiger partial charge on any atom is 0.369 e. The molecule has 0 bridgehead atoms. The molecule has 116 valence electrons. The van der Waals surface area contributed by atoms with Crippen molar-refractivity contribution in [2.45, 2.75) is 13.0 Å². The molecule has 2 rings (SSSR count). The third-order valence-corrected chi connectivity index (χ3v) is 3.07. The van der Waals surface area contributed by atoms with E-state index in [9.17, 15) is 14.9 Å². The minimum absolute atomic E-state index is 0.175. The van der Waals surface area contributed by atoms with E-state index in [1.807, 2.05) is 6.07 Å². The monoisotopic (exact) mass is 324 g/mol. The molecular formula is C13H13ClN4O4. The number of aryl methyl sites for hydroxylation is 1. The molecular weight excluding hydrogens is 312 g/mol. The molecule has 9 heteroatoms. The summed E-state index contributed by atoms with van der Waals surface area (Å²) in [4.78, 5) is 22.3. The van der Waals surface area contributed by atoms with Gasteiger partial charge in [0.05, 0.1) is 4.92 Å². The molecule has 0 aliphatic carbocycles. The van der Waals surface area contributed by atoms with Crippen molar-refractivity contribution in [2.75, 3.05) is 5.32 Å². The number of carbonyl (C=O) groups is 1. The van der Waals surface area contributed by atoms with E-state index >= 15 is 0 Å². The van der Waals surface area contributed by atoms with Crippen LogP contribution in [0.5, 0.6) is 5.88 Å². The number of amides is 1. The van der Waals surface area contributed by atoms with Crippen LogP contribution in [0.3, 0.4) is 0 Å². The first-order valence-corrected chi connectivity index (χ1v) is 6.67. The second-order valence-electron chi connectivity index (χ2n) is 4.44. The topological polar surface area (TPSA) is 99.3 Å². The number of ether oxygens (including phenoxy) is 1. The van der Waals surface area contributed by atoms with E-state index in [2.05, 4.69) is 10.4 Å². The molecule has 0 saturated heterocycles. The lowest BCUT2D eigenvalue weighted by atomic mass is 10.3. The zero-order valence-electron chi connectivity index (χ0n) is 11.8. The number of carbonyl (C=O) groups excluding carboxylic acids is 1. The summed E-state index contributed by atoms with van der Waals surface area (Å²) in [5, 5.41) is 17.0. The molecule has 0 radical (unpaired) electrons. The van der Waals surface area contributed by atoms with E-state index in [0.717, 1.165) is 4.68 Å². The number of rotatable bonds is 5. The van der Waals surface area contributed by atoms with Gasteiger partial charge in [-0.2, -0.15) is 5.10 Å². The lowest BCUT2D eigenvalue weighted by molar-refractivity contribution is -0.385. The zero-order chi connectivity index (χ0) is 16.3. The third-order valence-electron chi connectivity index (χ3n) is 2.81. The number of benzene rings is 1. The smallest absolute Gasteiger partial charge is 0.369 e. The molecule has 1 heterocycles. The lowest BCUT2D eigenvalue weighted by Crippen LogP contribution is -2.30. The van der Waals surface area contributed by atoms with Gasteiger partial charge in [-0.05, 0) is 19.1 Å². The van der Waals surface area contributed by atoms with Crippen LogP contribution in [-0.4, -0.2) is 26.7 Å². The van der Waals surface area contributed by atoms with Gasteiger partial charge in [0, 0.05) is 12.7 Å². The molecule has 22 heavy (non-hydrogen) atoms. The summed E-state index contributed by atoms with van der Waals surface area (Å²) in [5.74, 6) is -0.622. The molecule has 0 saturated carbocycles. The first-order chi connectivity index (χ1) is 10.4. The fraction of sp³-hybridized carbons (Fsp3) is 0.231. The molecule has 1 amide bonds. The highest BCUT2D eigenvalue weighted by Gasteiger charge is 2.30. The van der Waals surface area contributed by atoms with Gasteiger partial charge in [0.1, 0.15) is 0 Å². The number of nitrogens with zero attached hydrogens (tertiary/aromatic N) is 3. The highest BCUT2D eigenvalue weighted by molar-refractivity contribution is 6.31. The second-order valence-corrected chi connectivity index (χ2v) is 4.80. The van der Waals surface area contributed by atoms with Crippen molar-refractivity contribution in [3.63, 3.8) is 0 Å². The van der Waals surface area contributed by atoms with Gasteiger partial charge < -0.3 is 10.1 Å². The molecule has 1 aromatic carbocycles. The summed E-state index contributed by atoms with van der Waals surface area (Å²) in [6, 6.07) is 8.79. The van der Waals surface area contributed by atoms with Crippen LogP contribution in [0, 0.1) is 10.1 Å². The van der Waals surface area contributed by atoms with E-state index < -0.39 is 22.6 Å². The first kappa shape index (κ1) is 15.8. The Morgan fingerprint density at radius 3 is 2.68 bits per heavy atom. The third kappa shape index (κ3) is 3.34. The molecule has 1 atom stereocenters. The molecule has 1 unspecified atom stereocenters. The molecule has 1 aromatic heterocycles. The number of anilines is 1. The zero-order valence-corrected chi connectivity index (χ0v) is 12.6. The highest BCUT2D eigenvalue weighted by atomic mass is 35.5. The van der Waals surface area contributed by atoms with Gasteiger partial charge in [0.2, 0.25) is 5.15 Å². The van der Waals surface area contributed by atoms with E-state index in [0.29, 0.717) is 5.69 Å². The summed E-state index contributed by atoms with van der Waals surface area (Å²) >= 11 is 5.68.